The van der Waals surface area contributed by atoms with Gasteiger partial charge in [0.25, 0.3) is 0 Å². The summed E-state index contributed by atoms with van der Waals surface area (Å²) in [6.45, 7) is 19.6. The molecule has 3 nitrogen and oxygen atoms in total. The quantitative estimate of drug-likeness (QED) is 0.556. The maximum atomic E-state index is 3.65. The van der Waals surface area contributed by atoms with Gasteiger partial charge in [0.15, 0.2) is 0 Å². The molecule has 0 radical (unpaired) electrons. The van der Waals surface area contributed by atoms with Crippen molar-refractivity contribution in [3.05, 3.63) is 0 Å². The third-order valence-electron chi connectivity index (χ3n) is 4.14. The number of hydrogen-bond donors (Lipinski definition) is 1. The molecule has 0 aromatic heterocycles. The van der Waals surface area contributed by atoms with Crippen LogP contribution in [0.15, 0.2) is 0 Å². The number of rotatable bonds is 13. The summed E-state index contributed by atoms with van der Waals surface area (Å²) in [5, 5.41) is 3.65. The highest BCUT2D eigenvalue weighted by Gasteiger charge is 2.06. The Kier molecular flexibility index (Phi) is 12.8. The minimum Gasteiger partial charge on any atom is -0.313 e. The Bertz CT molecular complexity index is 159. The van der Waals surface area contributed by atoms with Crippen LogP contribution in [0.3, 0.4) is 0 Å². The zero-order valence-corrected chi connectivity index (χ0v) is 14.0. The molecule has 0 aromatic rings. The zero-order chi connectivity index (χ0) is 14.5. The summed E-state index contributed by atoms with van der Waals surface area (Å²) >= 11 is 0. The SMILES string of the molecule is CCC(CC)NCCN(CC)CCCN(CC)CC. The predicted molar refractivity (Wildman–Crippen MR) is 86.9 cm³/mol. The Morgan fingerprint density at radius 1 is 0.737 bits per heavy atom. The van der Waals surface area contributed by atoms with Crippen LogP contribution in [0.2, 0.25) is 0 Å². The Morgan fingerprint density at radius 2 is 1.26 bits per heavy atom. The van der Waals surface area contributed by atoms with Gasteiger partial charge < -0.3 is 15.1 Å². The molecule has 0 aromatic carbocycles. The highest BCUT2D eigenvalue weighted by atomic mass is 15.1. The first-order chi connectivity index (χ1) is 9.21. The molecule has 0 saturated carbocycles. The van der Waals surface area contributed by atoms with E-state index in [-0.39, 0.29) is 0 Å². The Labute approximate surface area is 121 Å². The van der Waals surface area contributed by atoms with Gasteiger partial charge in [-0.1, -0.05) is 34.6 Å². The molecule has 0 unspecified atom stereocenters. The molecule has 0 amide bonds. The van der Waals surface area contributed by atoms with Crippen LogP contribution in [0.1, 0.15) is 53.9 Å². The van der Waals surface area contributed by atoms with E-state index in [9.17, 15) is 0 Å². The van der Waals surface area contributed by atoms with Gasteiger partial charge in [0.2, 0.25) is 0 Å². The summed E-state index contributed by atoms with van der Waals surface area (Å²) in [6.07, 6.45) is 3.77. The van der Waals surface area contributed by atoms with Crippen LogP contribution in [0, 0.1) is 0 Å². The molecule has 0 aliphatic heterocycles. The number of nitrogens with zero attached hydrogens (tertiary/aromatic N) is 2. The van der Waals surface area contributed by atoms with Crippen molar-refractivity contribution in [2.75, 3.05) is 45.8 Å². The van der Waals surface area contributed by atoms with Gasteiger partial charge in [-0.3, -0.25) is 0 Å². The summed E-state index contributed by atoms with van der Waals surface area (Å²) in [5.74, 6) is 0. The largest absolute Gasteiger partial charge is 0.313 e. The van der Waals surface area contributed by atoms with Crippen LogP contribution in [0.25, 0.3) is 0 Å². The first-order valence-electron chi connectivity index (χ1n) is 8.39. The second-order valence-corrected chi connectivity index (χ2v) is 5.28. The molecule has 0 aliphatic carbocycles. The van der Waals surface area contributed by atoms with Crippen molar-refractivity contribution in [1.29, 1.82) is 0 Å². The van der Waals surface area contributed by atoms with Gasteiger partial charge in [0.05, 0.1) is 0 Å². The Hall–Kier alpha value is -0.120. The molecule has 0 aliphatic rings. The first kappa shape index (κ1) is 18.9. The molecule has 0 bridgehead atoms. The maximum absolute atomic E-state index is 3.65. The summed E-state index contributed by atoms with van der Waals surface area (Å²) in [4.78, 5) is 5.08. The van der Waals surface area contributed by atoms with Crippen molar-refractivity contribution >= 4 is 0 Å². The summed E-state index contributed by atoms with van der Waals surface area (Å²) in [6, 6.07) is 0.703. The van der Waals surface area contributed by atoms with Gasteiger partial charge in [-0.15, -0.1) is 0 Å². The van der Waals surface area contributed by atoms with Crippen molar-refractivity contribution in [2.24, 2.45) is 0 Å². The molecule has 0 spiro atoms. The molecular weight excluding hydrogens is 234 g/mol. The number of likely N-dealkylation sites (N-methyl/N-ethyl adjacent to an activating group) is 1. The average molecular weight is 271 g/mol. The Balaban J connectivity index is 3.70. The number of hydrogen-bond acceptors (Lipinski definition) is 3. The molecule has 19 heavy (non-hydrogen) atoms. The maximum Gasteiger partial charge on any atom is 0.0107 e. The van der Waals surface area contributed by atoms with Crippen LogP contribution in [0.4, 0.5) is 0 Å². The van der Waals surface area contributed by atoms with E-state index in [0.717, 1.165) is 6.54 Å². The van der Waals surface area contributed by atoms with Crippen molar-refractivity contribution in [2.45, 2.75) is 59.9 Å². The second kappa shape index (κ2) is 12.9. The van der Waals surface area contributed by atoms with Gasteiger partial charge in [-0.25, -0.2) is 0 Å². The van der Waals surface area contributed by atoms with Crippen molar-refractivity contribution in [3.63, 3.8) is 0 Å². The van der Waals surface area contributed by atoms with Gasteiger partial charge >= 0.3 is 0 Å². The predicted octanol–water partition coefficient (Wildman–Crippen LogP) is 2.82. The van der Waals surface area contributed by atoms with Crippen molar-refractivity contribution < 1.29 is 0 Å². The van der Waals surface area contributed by atoms with Crippen LogP contribution in [0.5, 0.6) is 0 Å². The highest BCUT2D eigenvalue weighted by Crippen LogP contribution is 1.97. The molecule has 1 N–H and O–H groups in total. The van der Waals surface area contributed by atoms with Gasteiger partial charge in [-0.2, -0.15) is 0 Å². The minimum atomic E-state index is 0.703. The number of nitrogens with one attached hydrogen (secondary N) is 1. The highest BCUT2D eigenvalue weighted by molar-refractivity contribution is 4.65. The molecule has 0 heterocycles. The van der Waals surface area contributed by atoms with E-state index in [1.807, 2.05) is 0 Å². The van der Waals surface area contributed by atoms with Gasteiger partial charge in [0.1, 0.15) is 0 Å². The van der Waals surface area contributed by atoms with Crippen LogP contribution >= 0.6 is 0 Å². The normalized spacial score (nSPS) is 12.0. The summed E-state index contributed by atoms with van der Waals surface area (Å²) in [7, 11) is 0. The lowest BCUT2D eigenvalue weighted by molar-refractivity contribution is 0.241. The Morgan fingerprint density at radius 3 is 1.74 bits per heavy atom. The van der Waals surface area contributed by atoms with Crippen molar-refractivity contribution in [1.82, 2.24) is 15.1 Å². The second-order valence-electron chi connectivity index (χ2n) is 5.28. The van der Waals surface area contributed by atoms with E-state index in [0.29, 0.717) is 6.04 Å². The van der Waals surface area contributed by atoms with E-state index in [2.05, 4.69) is 49.7 Å². The standard InChI is InChI=1S/C16H37N3/c1-6-16(7-2)17-12-15-19(10-5)14-11-13-18(8-3)9-4/h16-17H,6-15H2,1-5H3. The van der Waals surface area contributed by atoms with E-state index >= 15 is 0 Å². The van der Waals surface area contributed by atoms with Gasteiger partial charge in [0, 0.05) is 19.1 Å². The topological polar surface area (TPSA) is 18.5 Å². The van der Waals surface area contributed by atoms with Gasteiger partial charge in [-0.05, 0) is 52.0 Å². The summed E-state index contributed by atoms with van der Waals surface area (Å²) in [5.41, 5.74) is 0. The fraction of sp³-hybridized carbons (Fsp3) is 1.00. The first-order valence-corrected chi connectivity index (χ1v) is 8.39. The molecule has 0 atom stereocenters. The lowest BCUT2D eigenvalue weighted by Crippen LogP contribution is -2.38. The van der Waals surface area contributed by atoms with E-state index in [1.54, 1.807) is 0 Å². The molecule has 0 rings (SSSR count). The van der Waals surface area contributed by atoms with Crippen LogP contribution in [-0.2, 0) is 0 Å². The van der Waals surface area contributed by atoms with E-state index < -0.39 is 0 Å². The fourth-order valence-electron chi connectivity index (χ4n) is 2.49. The van der Waals surface area contributed by atoms with E-state index in [1.165, 1.54) is 58.5 Å². The molecule has 0 fully saturated rings. The lowest BCUT2D eigenvalue weighted by Gasteiger charge is -2.24. The third-order valence-corrected chi connectivity index (χ3v) is 4.14. The van der Waals surface area contributed by atoms with Crippen LogP contribution < -0.4 is 5.32 Å². The third kappa shape index (κ3) is 9.42. The van der Waals surface area contributed by atoms with E-state index in [4.69, 9.17) is 0 Å². The smallest absolute Gasteiger partial charge is 0.0107 e. The molecule has 0 saturated heterocycles. The summed E-state index contributed by atoms with van der Waals surface area (Å²) < 4.78 is 0. The zero-order valence-electron chi connectivity index (χ0n) is 14.0. The fourth-order valence-corrected chi connectivity index (χ4v) is 2.49. The monoisotopic (exact) mass is 271 g/mol. The minimum absolute atomic E-state index is 0.703. The molecule has 3 heteroatoms. The molecular formula is C16H37N3. The average Bonchev–Trinajstić information content (AvgIpc) is 2.46. The van der Waals surface area contributed by atoms with Crippen molar-refractivity contribution in [3.8, 4) is 0 Å². The lowest BCUT2D eigenvalue weighted by atomic mass is 10.2. The molecule has 116 valence electrons. The van der Waals surface area contributed by atoms with Crippen LogP contribution in [-0.4, -0.2) is 61.7 Å².